The Bertz CT molecular complexity index is 383. The van der Waals surface area contributed by atoms with Gasteiger partial charge in [0.15, 0.2) is 0 Å². The maximum absolute atomic E-state index is 13.7. The summed E-state index contributed by atoms with van der Waals surface area (Å²) in [6.07, 6.45) is 7.03. The highest BCUT2D eigenvalue weighted by Crippen LogP contribution is 2.62. The Labute approximate surface area is 95.3 Å². The number of aromatic nitrogens is 1. The number of halogens is 1. The molecule has 0 spiro atoms. The molecule has 3 rings (SSSR count). The standard InChI is InChI=1S/C13H17FN2/c1-15-13(10-5-6-16-7-11(10)14)12-8-3-2-4-9(8)12/h5-9,12-13,15H,2-4H2,1H3. The zero-order valence-electron chi connectivity index (χ0n) is 9.49. The Kier molecular flexibility index (Phi) is 2.43. The van der Waals surface area contributed by atoms with Crippen molar-refractivity contribution in [2.24, 2.45) is 17.8 Å². The van der Waals surface area contributed by atoms with Gasteiger partial charge in [-0.1, -0.05) is 6.42 Å². The maximum atomic E-state index is 13.7. The maximum Gasteiger partial charge on any atom is 0.146 e. The first-order chi connectivity index (χ1) is 7.83. The van der Waals surface area contributed by atoms with E-state index in [1.54, 1.807) is 6.20 Å². The van der Waals surface area contributed by atoms with Gasteiger partial charge in [-0.3, -0.25) is 4.98 Å². The van der Waals surface area contributed by atoms with Crippen molar-refractivity contribution in [3.05, 3.63) is 29.8 Å². The molecule has 3 unspecified atom stereocenters. The summed E-state index contributed by atoms with van der Waals surface area (Å²) in [5, 5.41) is 3.28. The lowest BCUT2D eigenvalue weighted by Crippen LogP contribution is -2.21. The fraction of sp³-hybridized carbons (Fsp3) is 0.615. The molecule has 2 aliphatic rings. The van der Waals surface area contributed by atoms with Crippen molar-refractivity contribution in [1.29, 1.82) is 0 Å². The Balaban J connectivity index is 1.84. The number of pyridine rings is 1. The molecule has 0 amide bonds. The molecule has 1 heterocycles. The van der Waals surface area contributed by atoms with Crippen LogP contribution in [0.1, 0.15) is 30.9 Å². The number of fused-ring (bicyclic) bond motifs is 1. The van der Waals surface area contributed by atoms with E-state index in [0.29, 0.717) is 5.92 Å². The van der Waals surface area contributed by atoms with Crippen LogP contribution in [-0.4, -0.2) is 12.0 Å². The van der Waals surface area contributed by atoms with Crippen LogP contribution in [0.5, 0.6) is 0 Å². The Morgan fingerprint density at radius 1 is 1.44 bits per heavy atom. The summed E-state index contributed by atoms with van der Waals surface area (Å²) in [4.78, 5) is 3.81. The summed E-state index contributed by atoms with van der Waals surface area (Å²) < 4.78 is 13.7. The average molecular weight is 220 g/mol. The highest BCUT2D eigenvalue weighted by molar-refractivity contribution is 5.23. The first kappa shape index (κ1) is 10.2. The predicted octanol–water partition coefficient (Wildman–Crippen LogP) is 2.53. The molecule has 86 valence electrons. The minimum absolute atomic E-state index is 0.174. The van der Waals surface area contributed by atoms with Gasteiger partial charge in [-0.15, -0.1) is 0 Å². The molecule has 0 saturated heterocycles. The number of nitrogens with zero attached hydrogens (tertiary/aromatic N) is 1. The zero-order valence-corrected chi connectivity index (χ0v) is 9.49. The van der Waals surface area contributed by atoms with Gasteiger partial charge in [0.2, 0.25) is 0 Å². The van der Waals surface area contributed by atoms with Crippen LogP contribution in [0, 0.1) is 23.6 Å². The predicted molar refractivity (Wildman–Crippen MR) is 60.3 cm³/mol. The zero-order chi connectivity index (χ0) is 11.1. The second kappa shape index (κ2) is 3.81. The number of nitrogens with one attached hydrogen (secondary N) is 1. The average Bonchev–Trinajstić information content (AvgIpc) is 2.76. The van der Waals surface area contributed by atoms with Crippen molar-refractivity contribution < 1.29 is 4.39 Å². The van der Waals surface area contributed by atoms with E-state index in [0.717, 1.165) is 17.4 Å². The second-order valence-corrected chi connectivity index (χ2v) is 5.00. The van der Waals surface area contributed by atoms with Gasteiger partial charge in [0.1, 0.15) is 5.82 Å². The molecule has 0 aliphatic heterocycles. The summed E-state index contributed by atoms with van der Waals surface area (Å²) in [5.74, 6) is 2.15. The SMILES string of the molecule is CNC(c1ccncc1F)C1C2CCCC21. The van der Waals surface area contributed by atoms with Gasteiger partial charge in [0.05, 0.1) is 6.20 Å². The van der Waals surface area contributed by atoms with Crippen LogP contribution >= 0.6 is 0 Å². The first-order valence-corrected chi connectivity index (χ1v) is 6.09. The van der Waals surface area contributed by atoms with E-state index in [4.69, 9.17) is 0 Å². The minimum atomic E-state index is -0.174. The van der Waals surface area contributed by atoms with Crippen LogP contribution in [0.2, 0.25) is 0 Å². The van der Waals surface area contributed by atoms with E-state index in [1.807, 2.05) is 13.1 Å². The quantitative estimate of drug-likeness (QED) is 0.846. The van der Waals surface area contributed by atoms with E-state index in [-0.39, 0.29) is 11.9 Å². The highest BCUT2D eigenvalue weighted by Gasteiger charge is 2.56. The van der Waals surface area contributed by atoms with Crippen LogP contribution < -0.4 is 5.32 Å². The number of hydrogen-bond acceptors (Lipinski definition) is 2. The molecule has 2 nitrogen and oxygen atoms in total. The molecule has 3 heteroatoms. The van der Waals surface area contributed by atoms with E-state index < -0.39 is 0 Å². The molecule has 1 N–H and O–H groups in total. The second-order valence-electron chi connectivity index (χ2n) is 5.00. The third-order valence-electron chi connectivity index (χ3n) is 4.31. The molecule has 1 aromatic heterocycles. The van der Waals surface area contributed by atoms with E-state index in [9.17, 15) is 4.39 Å². The molecular weight excluding hydrogens is 203 g/mol. The van der Waals surface area contributed by atoms with E-state index >= 15 is 0 Å². The fourth-order valence-electron chi connectivity index (χ4n) is 3.56. The third-order valence-corrected chi connectivity index (χ3v) is 4.31. The monoisotopic (exact) mass is 220 g/mol. The molecule has 16 heavy (non-hydrogen) atoms. The van der Waals surface area contributed by atoms with Crippen molar-refractivity contribution >= 4 is 0 Å². The lowest BCUT2D eigenvalue weighted by atomic mass is 9.97. The highest BCUT2D eigenvalue weighted by atomic mass is 19.1. The van der Waals surface area contributed by atoms with Gasteiger partial charge in [0, 0.05) is 17.8 Å². The lowest BCUT2D eigenvalue weighted by Gasteiger charge is -2.19. The smallest absolute Gasteiger partial charge is 0.146 e. The number of rotatable bonds is 3. The molecule has 2 fully saturated rings. The topological polar surface area (TPSA) is 24.9 Å². The molecule has 1 aromatic rings. The Morgan fingerprint density at radius 2 is 2.19 bits per heavy atom. The lowest BCUT2D eigenvalue weighted by molar-refractivity contribution is 0.427. The summed E-state index contributed by atoms with van der Waals surface area (Å²) in [7, 11) is 1.93. The largest absolute Gasteiger partial charge is 0.313 e. The minimum Gasteiger partial charge on any atom is -0.313 e. The molecule has 3 atom stereocenters. The van der Waals surface area contributed by atoms with Gasteiger partial charge in [-0.25, -0.2) is 4.39 Å². The van der Waals surface area contributed by atoms with Crippen molar-refractivity contribution in [2.45, 2.75) is 25.3 Å². The van der Waals surface area contributed by atoms with Crippen LogP contribution in [0.25, 0.3) is 0 Å². The van der Waals surface area contributed by atoms with E-state index in [1.165, 1.54) is 25.5 Å². The van der Waals surface area contributed by atoms with Crippen molar-refractivity contribution in [1.82, 2.24) is 10.3 Å². The summed E-state index contributed by atoms with van der Waals surface area (Å²) >= 11 is 0. The van der Waals surface area contributed by atoms with Crippen molar-refractivity contribution in [3.8, 4) is 0 Å². The van der Waals surface area contributed by atoms with Gasteiger partial charge in [-0.2, -0.15) is 0 Å². The molecule has 0 aromatic carbocycles. The van der Waals surface area contributed by atoms with E-state index in [2.05, 4.69) is 10.3 Å². The van der Waals surface area contributed by atoms with Crippen LogP contribution in [-0.2, 0) is 0 Å². The summed E-state index contributed by atoms with van der Waals surface area (Å²) in [6, 6.07) is 1.99. The van der Waals surface area contributed by atoms with Crippen LogP contribution in [0.4, 0.5) is 4.39 Å². The molecule has 2 saturated carbocycles. The Hall–Kier alpha value is -0.960. The molecule has 2 aliphatic carbocycles. The van der Waals surface area contributed by atoms with Crippen molar-refractivity contribution in [2.75, 3.05) is 7.05 Å². The van der Waals surface area contributed by atoms with Gasteiger partial charge in [0.25, 0.3) is 0 Å². The number of hydrogen-bond donors (Lipinski definition) is 1. The van der Waals surface area contributed by atoms with Gasteiger partial charge < -0.3 is 5.32 Å². The fourth-order valence-corrected chi connectivity index (χ4v) is 3.56. The molecule has 0 bridgehead atoms. The Morgan fingerprint density at radius 3 is 2.81 bits per heavy atom. The van der Waals surface area contributed by atoms with Gasteiger partial charge in [-0.05, 0) is 43.7 Å². The normalized spacial score (nSPS) is 33.5. The first-order valence-electron chi connectivity index (χ1n) is 6.09. The molecular formula is C13H17FN2. The van der Waals surface area contributed by atoms with Crippen LogP contribution in [0.15, 0.2) is 18.5 Å². The molecule has 0 radical (unpaired) electrons. The third kappa shape index (κ3) is 1.46. The summed E-state index contributed by atoms with van der Waals surface area (Å²) in [6.45, 7) is 0. The summed E-state index contributed by atoms with van der Waals surface area (Å²) in [5.41, 5.74) is 0.789. The van der Waals surface area contributed by atoms with Gasteiger partial charge >= 0.3 is 0 Å². The van der Waals surface area contributed by atoms with Crippen molar-refractivity contribution in [3.63, 3.8) is 0 Å². The van der Waals surface area contributed by atoms with Crippen LogP contribution in [0.3, 0.4) is 0 Å².